The highest BCUT2D eigenvalue weighted by molar-refractivity contribution is 7.17. The molecule has 4 N–H and O–H groups in total. The predicted molar refractivity (Wildman–Crippen MR) is 116 cm³/mol. The Balaban J connectivity index is 1.38. The van der Waals surface area contributed by atoms with Crippen molar-refractivity contribution in [3.05, 3.63) is 52.0 Å². The van der Waals surface area contributed by atoms with Gasteiger partial charge < -0.3 is 20.8 Å². The van der Waals surface area contributed by atoms with E-state index in [0.717, 1.165) is 46.2 Å². The van der Waals surface area contributed by atoms with Crippen molar-refractivity contribution in [1.29, 1.82) is 0 Å². The van der Waals surface area contributed by atoms with Crippen molar-refractivity contribution < 1.29 is 19.1 Å². The van der Waals surface area contributed by atoms with Crippen molar-refractivity contribution in [3.8, 4) is 0 Å². The van der Waals surface area contributed by atoms with Crippen LogP contribution in [0, 0.1) is 5.92 Å². The minimum atomic E-state index is -0.548. The van der Waals surface area contributed by atoms with Gasteiger partial charge in [0, 0.05) is 22.0 Å². The third kappa shape index (κ3) is 4.09. The molecular weight excluding hydrogens is 402 g/mol. The molecule has 3 aromatic rings. The van der Waals surface area contributed by atoms with Crippen molar-refractivity contribution in [2.75, 3.05) is 11.9 Å². The van der Waals surface area contributed by atoms with Crippen LogP contribution in [-0.4, -0.2) is 29.4 Å². The third-order valence-electron chi connectivity index (χ3n) is 5.38. The Kier molecular flexibility index (Phi) is 5.59. The van der Waals surface area contributed by atoms with Gasteiger partial charge in [-0.3, -0.25) is 14.4 Å². The lowest BCUT2D eigenvalue weighted by molar-refractivity contribution is -0.146. The molecule has 0 unspecified atom stereocenters. The number of amides is 2. The van der Waals surface area contributed by atoms with Crippen LogP contribution in [0.4, 0.5) is 5.00 Å². The Bertz CT molecular complexity index is 1130. The zero-order valence-corrected chi connectivity index (χ0v) is 17.4. The highest BCUT2D eigenvalue weighted by Gasteiger charge is 2.27. The second-order valence-electron chi connectivity index (χ2n) is 7.67. The lowest BCUT2D eigenvalue weighted by Gasteiger charge is -2.18. The molecule has 2 aromatic heterocycles. The SMILES string of the molecule is C[C@@H]1CCc2c(sc(NC(=O)COC(=O)Cc3c[nH]c4ccccc34)c2C(N)=O)C1. The monoisotopic (exact) mass is 425 g/mol. The number of rotatable bonds is 6. The van der Waals surface area contributed by atoms with Crippen LogP contribution in [0.15, 0.2) is 30.5 Å². The highest BCUT2D eigenvalue weighted by Crippen LogP contribution is 2.39. The summed E-state index contributed by atoms with van der Waals surface area (Å²) >= 11 is 1.38. The Morgan fingerprint density at radius 3 is 2.90 bits per heavy atom. The van der Waals surface area contributed by atoms with E-state index >= 15 is 0 Å². The van der Waals surface area contributed by atoms with Gasteiger partial charge in [-0.05, 0) is 42.4 Å². The summed E-state index contributed by atoms with van der Waals surface area (Å²) in [6.07, 6.45) is 4.47. The molecule has 1 aliphatic rings. The maximum atomic E-state index is 12.3. The molecule has 0 spiro atoms. The van der Waals surface area contributed by atoms with Crippen LogP contribution in [0.5, 0.6) is 0 Å². The number of aromatic amines is 1. The van der Waals surface area contributed by atoms with E-state index < -0.39 is 24.4 Å². The van der Waals surface area contributed by atoms with Gasteiger partial charge in [0.2, 0.25) is 0 Å². The van der Waals surface area contributed by atoms with Crippen molar-refractivity contribution in [3.63, 3.8) is 0 Å². The first-order valence-electron chi connectivity index (χ1n) is 9.87. The molecule has 0 radical (unpaired) electrons. The van der Waals surface area contributed by atoms with E-state index in [1.54, 1.807) is 6.20 Å². The first-order valence-corrected chi connectivity index (χ1v) is 10.7. The summed E-state index contributed by atoms with van der Waals surface area (Å²) < 4.78 is 5.14. The lowest BCUT2D eigenvalue weighted by atomic mass is 9.88. The number of nitrogens with one attached hydrogen (secondary N) is 2. The highest BCUT2D eigenvalue weighted by atomic mass is 32.1. The summed E-state index contributed by atoms with van der Waals surface area (Å²) in [6, 6.07) is 7.66. The third-order valence-corrected chi connectivity index (χ3v) is 6.55. The number of benzene rings is 1. The summed E-state index contributed by atoms with van der Waals surface area (Å²) in [5.74, 6) is -1.000. The van der Waals surface area contributed by atoms with E-state index in [9.17, 15) is 14.4 Å². The summed E-state index contributed by atoms with van der Waals surface area (Å²) in [4.78, 5) is 40.7. The summed E-state index contributed by atoms with van der Waals surface area (Å²) in [7, 11) is 0. The smallest absolute Gasteiger partial charge is 0.310 e. The number of hydrogen-bond donors (Lipinski definition) is 3. The van der Waals surface area contributed by atoms with Gasteiger partial charge in [0.05, 0.1) is 12.0 Å². The van der Waals surface area contributed by atoms with Crippen molar-refractivity contribution >= 4 is 45.0 Å². The van der Waals surface area contributed by atoms with E-state index in [4.69, 9.17) is 10.5 Å². The lowest BCUT2D eigenvalue weighted by Crippen LogP contribution is -2.23. The van der Waals surface area contributed by atoms with E-state index in [0.29, 0.717) is 16.5 Å². The molecule has 0 aliphatic heterocycles. The molecule has 1 aromatic carbocycles. The first kappa shape index (κ1) is 20.2. The fourth-order valence-corrected chi connectivity index (χ4v) is 5.32. The number of aromatic nitrogens is 1. The van der Waals surface area contributed by atoms with E-state index in [1.165, 1.54) is 11.3 Å². The number of primary amides is 1. The van der Waals surface area contributed by atoms with Crippen LogP contribution in [-0.2, 0) is 33.6 Å². The fourth-order valence-electron chi connectivity index (χ4n) is 3.89. The topological polar surface area (TPSA) is 114 Å². The summed E-state index contributed by atoms with van der Waals surface area (Å²) in [6.45, 7) is 1.75. The molecule has 7 nitrogen and oxygen atoms in total. The molecule has 8 heteroatoms. The largest absolute Gasteiger partial charge is 0.455 e. The van der Waals surface area contributed by atoms with Gasteiger partial charge in [-0.2, -0.15) is 0 Å². The van der Waals surface area contributed by atoms with Crippen LogP contribution in [0.25, 0.3) is 10.9 Å². The number of H-pyrrole nitrogens is 1. The standard InChI is InChI=1S/C22H23N3O4S/c1-12-6-7-15-17(8-12)30-22(20(15)21(23)28)25-18(26)11-29-19(27)9-13-10-24-16-5-3-2-4-14(13)16/h2-5,10,12,24H,6-9,11H2,1H3,(H2,23,28)(H,25,26)/t12-/m1/s1. The normalized spacial score (nSPS) is 15.6. The van der Waals surface area contributed by atoms with Crippen molar-refractivity contribution in [2.24, 2.45) is 11.7 Å². The predicted octanol–water partition coefficient (Wildman–Crippen LogP) is 3.18. The van der Waals surface area contributed by atoms with Crippen LogP contribution in [0.3, 0.4) is 0 Å². The number of para-hydroxylation sites is 1. The van der Waals surface area contributed by atoms with E-state index in [2.05, 4.69) is 17.2 Å². The van der Waals surface area contributed by atoms with Gasteiger partial charge in [0.15, 0.2) is 6.61 Å². The summed E-state index contributed by atoms with van der Waals surface area (Å²) in [5.41, 5.74) is 8.65. The molecule has 2 amide bonds. The first-order chi connectivity index (χ1) is 14.4. The zero-order valence-electron chi connectivity index (χ0n) is 16.6. The molecule has 1 atom stereocenters. The maximum absolute atomic E-state index is 12.3. The molecule has 1 aliphatic carbocycles. The number of carbonyl (C=O) groups excluding carboxylic acids is 3. The molecule has 30 heavy (non-hydrogen) atoms. The number of esters is 1. The van der Waals surface area contributed by atoms with Crippen LogP contribution < -0.4 is 11.1 Å². The summed E-state index contributed by atoms with van der Waals surface area (Å²) in [5, 5.41) is 4.09. The second kappa shape index (κ2) is 8.31. The van der Waals surface area contributed by atoms with Crippen LogP contribution in [0.1, 0.15) is 39.7 Å². The van der Waals surface area contributed by atoms with Gasteiger partial charge in [-0.15, -0.1) is 11.3 Å². The number of anilines is 1. The quantitative estimate of drug-likeness (QED) is 0.526. The van der Waals surface area contributed by atoms with Gasteiger partial charge in [0.1, 0.15) is 5.00 Å². The van der Waals surface area contributed by atoms with Gasteiger partial charge in [-0.25, -0.2) is 0 Å². The van der Waals surface area contributed by atoms with E-state index in [-0.39, 0.29) is 6.42 Å². The molecule has 156 valence electrons. The average molecular weight is 426 g/mol. The van der Waals surface area contributed by atoms with E-state index in [1.807, 2.05) is 24.3 Å². The molecule has 4 rings (SSSR count). The minimum Gasteiger partial charge on any atom is -0.455 e. The molecule has 2 heterocycles. The molecule has 0 saturated heterocycles. The fraction of sp³-hybridized carbons (Fsp3) is 0.318. The molecule has 0 saturated carbocycles. The van der Waals surface area contributed by atoms with Gasteiger partial charge in [0.25, 0.3) is 11.8 Å². The van der Waals surface area contributed by atoms with Gasteiger partial charge in [-0.1, -0.05) is 25.1 Å². The maximum Gasteiger partial charge on any atom is 0.310 e. The second-order valence-corrected chi connectivity index (χ2v) is 8.77. The van der Waals surface area contributed by atoms with Crippen LogP contribution >= 0.6 is 11.3 Å². The Labute approximate surface area is 177 Å². The van der Waals surface area contributed by atoms with Gasteiger partial charge >= 0.3 is 5.97 Å². The van der Waals surface area contributed by atoms with Crippen molar-refractivity contribution in [2.45, 2.75) is 32.6 Å². The Hall–Kier alpha value is -3.13. The Morgan fingerprint density at radius 1 is 1.30 bits per heavy atom. The molecule has 0 bridgehead atoms. The van der Waals surface area contributed by atoms with Crippen LogP contribution in [0.2, 0.25) is 0 Å². The molecular formula is C22H23N3O4S. The number of thiophene rings is 1. The zero-order chi connectivity index (χ0) is 21.3. The molecule has 0 fully saturated rings. The number of nitrogens with two attached hydrogens (primary N) is 1. The number of fused-ring (bicyclic) bond motifs is 2. The minimum absolute atomic E-state index is 0.0645. The number of hydrogen-bond acceptors (Lipinski definition) is 5. The Morgan fingerprint density at radius 2 is 2.10 bits per heavy atom. The average Bonchev–Trinajstić information content (AvgIpc) is 3.27. The number of carbonyl (C=O) groups is 3. The van der Waals surface area contributed by atoms with Crippen molar-refractivity contribution in [1.82, 2.24) is 4.98 Å². The number of ether oxygens (including phenoxy) is 1.